The summed E-state index contributed by atoms with van der Waals surface area (Å²) in [6, 6.07) is 19.1. The highest BCUT2D eigenvalue weighted by Crippen LogP contribution is 2.27. The first-order valence-electron chi connectivity index (χ1n) is 11.8. The number of amides is 2. The summed E-state index contributed by atoms with van der Waals surface area (Å²) in [5, 5.41) is 22.7. The van der Waals surface area contributed by atoms with E-state index in [2.05, 4.69) is 31.1 Å². The first-order valence-corrected chi connectivity index (χ1v) is 11.8. The standard InChI is InChI=1S/C28H22F3N7O2/c1-33-26(39)18-9-7-17(8-10-18)19-4-2-5-20(14-19)27(40)36-25-12-11-24(37-38-25)35-23(28(29,30)31)15-22(32)21-6-3-13-34-16-21/h2-16,32H,1H3,(H,33,39)(H,35,37)(H,36,38,40)/b23-15-,32-22?. The molecule has 0 aliphatic rings. The number of nitrogens with zero attached hydrogens (tertiary/aromatic N) is 3. The van der Waals surface area contributed by atoms with E-state index in [-0.39, 0.29) is 23.1 Å². The SMILES string of the molecule is CNC(=O)c1ccc(-c2cccc(C(=O)Nc3ccc(N/C(=C\C(=N)c4cccnc4)C(F)(F)F)nn3)c2)cc1. The van der Waals surface area contributed by atoms with Gasteiger partial charge in [-0.25, -0.2) is 0 Å². The zero-order chi connectivity index (χ0) is 28.7. The Bertz CT molecular complexity index is 1550. The van der Waals surface area contributed by atoms with Crippen molar-refractivity contribution in [2.24, 2.45) is 0 Å². The Morgan fingerprint density at radius 2 is 1.48 bits per heavy atom. The number of hydrogen-bond acceptors (Lipinski definition) is 7. The van der Waals surface area contributed by atoms with Gasteiger partial charge in [-0.05, 0) is 65.7 Å². The van der Waals surface area contributed by atoms with Crippen LogP contribution in [0.1, 0.15) is 26.3 Å². The number of rotatable bonds is 8. The maximum atomic E-state index is 13.6. The molecule has 4 rings (SSSR count). The largest absolute Gasteiger partial charge is 0.431 e. The molecule has 202 valence electrons. The van der Waals surface area contributed by atoms with Gasteiger partial charge in [0.1, 0.15) is 5.70 Å². The molecule has 4 N–H and O–H groups in total. The number of aromatic nitrogens is 3. The first-order chi connectivity index (χ1) is 19.1. The van der Waals surface area contributed by atoms with Crippen molar-refractivity contribution in [2.75, 3.05) is 17.7 Å². The molecular formula is C28H22F3N7O2. The van der Waals surface area contributed by atoms with Crippen molar-refractivity contribution in [3.8, 4) is 11.1 Å². The van der Waals surface area contributed by atoms with E-state index in [0.29, 0.717) is 17.2 Å². The number of halogens is 3. The van der Waals surface area contributed by atoms with Crippen LogP contribution < -0.4 is 16.0 Å². The molecule has 0 saturated carbocycles. The van der Waals surface area contributed by atoms with Crippen LogP contribution in [-0.2, 0) is 0 Å². The molecule has 0 spiro atoms. The topological polar surface area (TPSA) is 133 Å². The summed E-state index contributed by atoms with van der Waals surface area (Å²) in [4.78, 5) is 28.3. The summed E-state index contributed by atoms with van der Waals surface area (Å²) >= 11 is 0. The van der Waals surface area contributed by atoms with E-state index in [0.717, 1.165) is 11.1 Å². The monoisotopic (exact) mass is 545 g/mol. The third-order valence-electron chi connectivity index (χ3n) is 5.57. The molecule has 12 heteroatoms. The Morgan fingerprint density at radius 3 is 2.08 bits per heavy atom. The number of carbonyl (C=O) groups excluding carboxylic acids is 2. The van der Waals surface area contributed by atoms with E-state index in [1.54, 1.807) is 49.5 Å². The van der Waals surface area contributed by atoms with Crippen LogP contribution in [0.15, 0.2) is 97.0 Å². The number of anilines is 2. The molecule has 9 nitrogen and oxygen atoms in total. The van der Waals surface area contributed by atoms with E-state index < -0.39 is 23.5 Å². The second-order valence-corrected chi connectivity index (χ2v) is 8.33. The van der Waals surface area contributed by atoms with Crippen LogP contribution in [0.25, 0.3) is 11.1 Å². The molecule has 0 bridgehead atoms. The van der Waals surface area contributed by atoms with Crippen LogP contribution in [0.4, 0.5) is 24.8 Å². The molecule has 2 amide bonds. The zero-order valence-corrected chi connectivity index (χ0v) is 21.0. The van der Waals surface area contributed by atoms with Gasteiger partial charge in [0.05, 0.1) is 5.71 Å². The molecule has 2 heterocycles. The predicted octanol–water partition coefficient (Wildman–Crippen LogP) is 5.08. The number of benzene rings is 2. The smallest absolute Gasteiger partial charge is 0.355 e. The van der Waals surface area contributed by atoms with E-state index in [9.17, 15) is 22.8 Å². The average Bonchev–Trinajstić information content (AvgIpc) is 2.97. The van der Waals surface area contributed by atoms with Crippen LogP contribution >= 0.6 is 0 Å². The van der Waals surface area contributed by atoms with Crippen LogP contribution in [0.5, 0.6) is 0 Å². The van der Waals surface area contributed by atoms with Gasteiger partial charge in [-0.3, -0.25) is 14.6 Å². The zero-order valence-electron chi connectivity index (χ0n) is 21.0. The Hall–Kier alpha value is -5.39. The maximum Gasteiger partial charge on any atom is 0.431 e. The summed E-state index contributed by atoms with van der Waals surface area (Å²) in [5.41, 5.74) is 0.948. The molecule has 0 aliphatic heterocycles. The summed E-state index contributed by atoms with van der Waals surface area (Å²) in [7, 11) is 1.54. The van der Waals surface area contributed by atoms with E-state index in [1.165, 1.54) is 36.7 Å². The van der Waals surface area contributed by atoms with Gasteiger partial charge in [-0.15, -0.1) is 10.2 Å². The van der Waals surface area contributed by atoms with Crippen molar-refractivity contribution in [2.45, 2.75) is 6.18 Å². The van der Waals surface area contributed by atoms with Gasteiger partial charge >= 0.3 is 6.18 Å². The molecular weight excluding hydrogens is 523 g/mol. The minimum atomic E-state index is -4.79. The number of alkyl halides is 3. The normalized spacial score (nSPS) is 11.4. The number of carbonyl (C=O) groups is 2. The molecule has 0 aliphatic carbocycles. The fourth-order valence-corrected chi connectivity index (χ4v) is 3.53. The summed E-state index contributed by atoms with van der Waals surface area (Å²) in [5.74, 6) is -0.921. The average molecular weight is 546 g/mol. The number of hydrogen-bond donors (Lipinski definition) is 4. The van der Waals surface area contributed by atoms with Crippen molar-refractivity contribution in [3.63, 3.8) is 0 Å². The van der Waals surface area contributed by atoms with E-state index in [1.807, 2.05) is 6.07 Å². The number of pyridine rings is 1. The number of allylic oxidation sites excluding steroid dienone is 2. The van der Waals surface area contributed by atoms with Gasteiger partial charge in [-0.2, -0.15) is 13.2 Å². The lowest BCUT2D eigenvalue weighted by molar-refractivity contribution is -0.0902. The second-order valence-electron chi connectivity index (χ2n) is 8.33. The summed E-state index contributed by atoms with van der Waals surface area (Å²) in [6.07, 6.45) is -1.43. The van der Waals surface area contributed by atoms with Crippen molar-refractivity contribution in [3.05, 3.63) is 114 Å². The highest BCUT2D eigenvalue weighted by molar-refractivity contribution is 6.07. The second kappa shape index (κ2) is 12.0. The fourth-order valence-electron chi connectivity index (χ4n) is 3.53. The Kier molecular flexibility index (Phi) is 8.28. The Morgan fingerprint density at radius 1 is 0.800 bits per heavy atom. The number of nitrogens with one attached hydrogen (secondary N) is 4. The summed E-state index contributed by atoms with van der Waals surface area (Å²) in [6.45, 7) is 0. The van der Waals surface area contributed by atoms with Crippen molar-refractivity contribution in [1.82, 2.24) is 20.5 Å². The van der Waals surface area contributed by atoms with E-state index in [4.69, 9.17) is 5.41 Å². The van der Waals surface area contributed by atoms with Gasteiger partial charge in [0.25, 0.3) is 11.8 Å². The van der Waals surface area contributed by atoms with Gasteiger partial charge < -0.3 is 21.4 Å². The Balaban J connectivity index is 1.45. The van der Waals surface area contributed by atoms with Gasteiger partial charge in [0, 0.05) is 36.1 Å². The minimum Gasteiger partial charge on any atom is -0.355 e. The molecule has 0 unspecified atom stereocenters. The Labute approximate surface area is 226 Å². The highest BCUT2D eigenvalue weighted by atomic mass is 19.4. The predicted molar refractivity (Wildman–Crippen MR) is 144 cm³/mol. The molecule has 40 heavy (non-hydrogen) atoms. The molecule has 2 aromatic heterocycles. The minimum absolute atomic E-state index is 0.0246. The maximum absolute atomic E-state index is 13.6. The van der Waals surface area contributed by atoms with Crippen LogP contribution in [0.3, 0.4) is 0 Å². The van der Waals surface area contributed by atoms with Crippen LogP contribution in [0, 0.1) is 5.41 Å². The van der Waals surface area contributed by atoms with Crippen molar-refractivity contribution >= 4 is 29.2 Å². The molecule has 0 saturated heterocycles. The summed E-state index contributed by atoms with van der Waals surface area (Å²) < 4.78 is 40.7. The fraction of sp³-hybridized carbons (Fsp3) is 0.0714. The van der Waals surface area contributed by atoms with Gasteiger partial charge in [0.15, 0.2) is 11.6 Å². The lowest BCUT2D eigenvalue weighted by atomic mass is 10.0. The third kappa shape index (κ3) is 6.92. The van der Waals surface area contributed by atoms with Crippen LogP contribution in [0.2, 0.25) is 0 Å². The quantitative estimate of drug-likeness (QED) is 0.228. The van der Waals surface area contributed by atoms with Crippen molar-refractivity contribution < 1.29 is 22.8 Å². The van der Waals surface area contributed by atoms with Crippen molar-refractivity contribution in [1.29, 1.82) is 5.41 Å². The third-order valence-corrected chi connectivity index (χ3v) is 5.57. The highest BCUT2D eigenvalue weighted by Gasteiger charge is 2.34. The molecule has 0 radical (unpaired) electrons. The van der Waals surface area contributed by atoms with E-state index >= 15 is 0 Å². The lowest BCUT2D eigenvalue weighted by Crippen LogP contribution is -2.21. The molecule has 0 atom stereocenters. The molecule has 0 fully saturated rings. The first kappa shape index (κ1) is 27.6. The molecule has 2 aromatic carbocycles. The van der Waals surface area contributed by atoms with Gasteiger partial charge in [0.2, 0.25) is 0 Å². The van der Waals surface area contributed by atoms with Crippen LogP contribution in [-0.4, -0.2) is 45.9 Å². The lowest BCUT2D eigenvalue weighted by Gasteiger charge is -2.14. The van der Waals surface area contributed by atoms with Gasteiger partial charge in [-0.1, -0.05) is 24.3 Å². The molecule has 4 aromatic rings.